The number of phenols is 1. The fourth-order valence-corrected chi connectivity index (χ4v) is 8.36. The monoisotopic (exact) mass is 635 g/mol. The van der Waals surface area contributed by atoms with Crippen LogP contribution in [0, 0.1) is 0 Å². The topological polar surface area (TPSA) is 25.2 Å². The Morgan fingerprint density at radius 2 is 1.04 bits per heavy atom. The molecule has 0 aliphatic heterocycles. The van der Waals surface area contributed by atoms with Crippen LogP contribution in [0.15, 0.2) is 115 Å². The molecule has 0 aliphatic rings. The number of hydrogen-bond donors (Lipinski definition) is 1. The molecule has 2 heteroatoms. The number of para-hydroxylation sites is 1. The average molecular weight is 636 g/mol. The summed E-state index contributed by atoms with van der Waals surface area (Å²) in [6.07, 6.45) is 0. The van der Waals surface area contributed by atoms with Gasteiger partial charge in [-0.15, -0.1) is 0 Å². The molecular formula is C47H41NO. The first-order valence-corrected chi connectivity index (χ1v) is 17.4. The zero-order chi connectivity index (χ0) is 34.0. The van der Waals surface area contributed by atoms with Crippen molar-refractivity contribution in [3.05, 3.63) is 126 Å². The van der Waals surface area contributed by atoms with Gasteiger partial charge >= 0.3 is 0 Å². The zero-order valence-electron chi connectivity index (χ0n) is 29.4. The molecule has 240 valence electrons. The molecule has 0 spiro atoms. The van der Waals surface area contributed by atoms with Crippen LogP contribution in [0.4, 0.5) is 0 Å². The third-order valence-corrected chi connectivity index (χ3v) is 10.9. The van der Waals surface area contributed by atoms with Crippen LogP contribution >= 0.6 is 0 Å². The summed E-state index contributed by atoms with van der Waals surface area (Å²) in [7, 11) is 2.20. The van der Waals surface area contributed by atoms with Crippen LogP contribution in [-0.4, -0.2) is 9.67 Å². The van der Waals surface area contributed by atoms with E-state index in [1.807, 2.05) is 6.07 Å². The van der Waals surface area contributed by atoms with Gasteiger partial charge in [-0.25, -0.2) is 0 Å². The van der Waals surface area contributed by atoms with Gasteiger partial charge < -0.3 is 9.67 Å². The van der Waals surface area contributed by atoms with Crippen LogP contribution in [0.5, 0.6) is 5.75 Å². The fourth-order valence-electron chi connectivity index (χ4n) is 8.36. The van der Waals surface area contributed by atoms with Gasteiger partial charge in [-0.05, 0) is 88.8 Å². The normalized spacial score (nSPS) is 12.9. The van der Waals surface area contributed by atoms with Gasteiger partial charge in [0.2, 0.25) is 0 Å². The number of nitrogens with zero attached hydrogens (tertiary/aromatic N) is 1. The molecule has 0 saturated carbocycles. The number of aromatic nitrogens is 1. The minimum absolute atomic E-state index is 0.0198. The molecule has 1 N–H and O–H groups in total. The molecule has 8 aromatic carbocycles. The van der Waals surface area contributed by atoms with E-state index in [0.717, 1.165) is 21.9 Å². The van der Waals surface area contributed by atoms with Crippen molar-refractivity contribution in [3.63, 3.8) is 0 Å². The molecule has 1 aromatic heterocycles. The largest absolute Gasteiger partial charge is 0.507 e. The first-order valence-electron chi connectivity index (χ1n) is 17.4. The standard InChI is InChI=1S/C47H41NO/c1-46(2,3)30-19-21-32-27(24-30)16-17-29-26-37(41-33-22-20-31(47(4,5)6)25-28(33)18-23-39(41)49)42-34-12-8-9-13-35(34)45-43(44(42)40(29)32)36-14-10-11-15-38(36)48(45)7/h8-26,49H,1-7H3. The smallest absolute Gasteiger partial charge is 0.124 e. The van der Waals surface area contributed by atoms with Crippen LogP contribution < -0.4 is 0 Å². The quantitative estimate of drug-likeness (QED) is 0.178. The van der Waals surface area contributed by atoms with Crippen LogP contribution in [-0.2, 0) is 17.9 Å². The molecule has 9 rings (SSSR count). The Kier molecular flexibility index (Phi) is 6.13. The van der Waals surface area contributed by atoms with Crippen molar-refractivity contribution >= 4 is 75.7 Å². The van der Waals surface area contributed by atoms with E-state index in [1.165, 1.54) is 76.0 Å². The molecule has 0 radical (unpaired) electrons. The molecule has 0 atom stereocenters. The average Bonchev–Trinajstić information content (AvgIpc) is 3.38. The van der Waals surface area contributed by atoms with Crippen molar-refractivity contribution in [1.29, 1.82) is 0 Å². The second-order valence-electron chi connectivity index (χ2n) is 16.0. The molecular weight excluding hydrogens is 595 g/mol. The summed E-state index contributed by atoms with van der Waals surface area (Å²) < 4.78 is 2.37. The Morgan fingerprint density at radius 3 is 1.73 bits per heavy atom. The molecule has 1 heterocycles. The maximum Gasteiger partial charge on any atom is 0.124 e. The van der Waals surface area contributed by atoms with Crippen LogP contribution in [0.25, 0.3) is 86.8 Å². The lowest BCUT2D eigenvalue weighted by atomic mass is 9.82. The molecule has 0 amide bonds. The van der Waals surface area contributed by atoms with Gasteiger partial charge in [-0.3, -0.25) is 0 Å². The number of aryl methyl sites for hydroxylation is 1. The minimum Gasteiger partial charge on any atom is -0.507 e. The summed E-state index contributed by atoms with van der Waals surface area (Å²) in [4.78, 5) is 0. The number of rotatable bonds is 1. The van der Waals surface area contributed by atoms with Crippen LogP contribution in [0.3, 0.4) is 0 Å². The van der Waals surface area contributed by atoms with Crippen molar-refractivity contribution in [2.24, 2.45) is 7.05 Å². The Hall–Kier alpha value is -5.34. The van der Waals surface area contributed by atoms with Crippen molar-refractivity contribution in [3.8, 4) is 16.9 Å². The Morgan fingerprint density at radius 1 is 0.469 bits per heavy atom. The van der Waals surface area contributed by atoms with Gasteiger partial charge in [0.05, 0.1) is 5.52 Å². The number of fused-ring (bicyclic) bond motifs is 13. The molecule has 0 fully saturated rings. The van der Waals surface area contributed by atoms with Gasteiger partial charge in [0.25, 0.3) is 0 Å². The van der Waals surface area contributed by atoms with Gasteiger partial charge in [-0.2, -0.15) is 0 Å². The first-order chi connectivity index (χ1) is 23.4. The van der Waals surface area contributed by atoms with Gasteiger partial charge in [0.15, 0.2) is 0 Å². The number of hydrogen-bond acceptors (Lipinski definition) is 1. The Balaban J connectivity index is 1.58. The molecule has 49 heavy (non-hydrogen) atoms. The first kappa shape index (κ1) is 29.8. The summed E-state index contributed by atoms with van der Waals surface area (Å²) in [5.74, 6) is 0.300. The van der Waals surface area contributed by atoms with Crippen molar-refractivity contribution in [2.75, 3.05) is 0 Å². The molecule has 0 aliphatic carbocycles. The highest BCUT2D eigenvalue weighted by molar-refractivity contribution is 6.41. The maximum atomic E-state index is 11.9. The molecule has 0 unspecified atom stereocenters. The van der Waals surface area contributed by atoms with Crippen molar-refractivity contribution in [2.45, 2.75) is 52.4 Å². The van der Waals surface area contributed by atoms with E-state index in [4.69, 9.17) is 0 Å². The molecule has 9 aromatic rings. The molecule has 0 saturated heterocycles. The lowest BCUT2D eigenvalue weighted by Crippen LogP contribution is -2.10. The highest BCUT2D eigenvalue weighted by atomic mass is 16.3. The SMILES string of the molecule is Cn1c2ccccc2c2c3c(c(-c4c(O)ccc5cc(C(C)(C)C)ccc45)cc4ccc5cc(C(C)(C)C)ccc5c43)c3ccccc3c21. The Bertz CT molecular complexity index is 2850. The van der Waals surface area contributed by atoms with Crippen molar-refractivity contribution < 1.29 is 5.11 Å². The van der Waals surface area contributed by atoms with Crippen LogP contribution in [0.1, 0.15) is 52.7 Å². The number of aromatic hydroxyl groups is 1. The summed E-state index contributed by atoms with van der Waals surface area (Å²) in [5, 5.41) is 26.3. The van der Waals surface area contributed by atoms with Gasteiger partial charge in [0.1, 0.15) is 5.75 Å². The van der Waals surface area contributed by atoms with Crippen molar-refractivity contribution in [1.82, 2.24) is 4.57 Å². The maximum absolute atomic E-state index is 11.9. The highest BCUT2D eigenvalue weighted by Crippen LogP contribution is 2.51. The second kappa shape index (κ2) is 10.1. The Labute approximate surface area is 287 Å². The summed E-state index contributed by atoms with van der Waals surface area (Å²) in [5.41, 5.74) is 7.08. The molecule has 2 nitrogen and oxygen atoms in total. The lowest BCUT2D eigenvalue weighted by Gasteiger charge is -2.22. The van der Waals surface area contributed by atoms with E-state index in [-0.39, 0.29) is 10.8 Å². The van der Waals surface area contributed by atoms with E-state index >= 15 is 0 Å². The van der Waals surface area contributed by atoms with E-state index in [9.17, 15) is 5.11 Å². The third kappa shape index (κ3) is 4.26. The fraction of sp³-hybridized carbons (Fsp3) is 0.191. The zero-order valence-corrected chi connectivity index (χ0v) is 29.4. The predicted octanol–water partition coefficient (Wildman–Crippen LogP) is 13.1. The number of benzene rings is 8. The van der Waals surface area contributed by atoms with E-state index in [2.05, 4.69) is 162 Å². The molecule has 0 bridgehead atoms. The highest BCUT2D eigenvalue weighted by Gasteiger charge is 2.25. The summed E-state index contributed by atoms with van der Waals surface area (Å²) in [6, 6.07) is 42.3. The van der Waals surface area contributed by atoms with E-state index < -0.39 is 0 Å². The minimum atomic E-state index is 0.0198. The van der Waals surface area contributed by atoms with E-state index in [0.29, 0.717) is 5.75 Å². The lowest BCUT2D eigenvalue weighted by molar-refractivity contribution is 0.478. The predicted molar refractivity (Wildman–Crippen MR) is 212 cm³/mol. The van der Waals surface area contributed by atoms with E-state index in [1.54, 1.807) is 0 Å². The third-order valence-electron chi connectivity index (χ3n) is 10.9. The van der Waals surface area contributed by atoms with Gasteiger partial charge in [-0.1, -0.05) is 139 Å². The number of phenolic OH excluding ortho intramolecular Hbond substituents is 1. The van der Waals surface area contributed by atoms with Crippen LogP contribution in [0.2, 0.25) is 0 Å². The van der Waals surface area contributed by atoms with Gasteiger partial charge in [0, 0.05) is 39.7 Å². The summed E-state index contributed by atoms with van der Waals surface area (Å²) in [6.45, 7) is 13.6. The summed E-state index contributed by atoms with van der Waals surface area (Å²) >= 11 is 0. The second-order valence-corrected chi connectivity index (χ2v) is 16.0.